The second-order valence-corrected chi connectivity index (χ2v) is 4.96. The summed E-state index contributed by atoms with van der Waals surface area (Å²) in [6.45, 7) is 0. The number of hydrogen-bond donors (Lipinski definition) is 2. The molecule has 1 aromatic carbocycles. The molecule has 2 aromatic rings. The molecule has 0 aliphatic carbocycles. The molecule has 96 valence electrons. The van der Waals surface area contributed by atoms with E-state index in [4.69, 9.17) is 11.0 Å². The fraction of sp³-hybridized carbons (Fsp3) is 0.143. The summed E-state index contributed by atoms with van der Waals surface area (Å²) in [4.78, 5) is 11.9. The van der Waals surface area contributed by atoms with Gasteiger partial charge in [-0.05, 0) is 17.0 Å². The third-order valence-electron chi connectivity index (χ3n) is 2.67. The summed E-state index contributed by atoms with van der Waals surface area (Å²) in [5.74, 6) is -0.185. The molecule has 1 unspecified atom stereocenters. The topological polar surface area (TPSA) is 78.9 Å². The van der Waals surface area contributed by atoms with Gasteiger partial charge in [-0.3, -0.25) is 4.79 Å². The Hall–Kier alpha value is -2.16. The summed E-state index contributed by atoms with van der Waals surface area (Å²) in [5.41, 5.74) is 7.37. The van der Waals surface area contributed by atoms with E-state index >= 15 is 0 Å². The number of nitriles is 1. The molecule has 0 aliphatic heterocycles. The van der Waals surface area contributed by atoms with Gasteiger partial charge in [0.2, 0.25) is 5.91 Å². The van der Waals surface area contributed by atoms with E-state index in [9.17, 15) is 4.79 Å². The fourth-order valence-corrected chi connectivity index (χ4v) is 2.44. The Morgan fingerprint density at radius 1 is 1.37 bits per heavy atom. The monoisotopic (exact) mass is 271 g/mol. The molecule has 1 aromatic heterocycles. The number of nitrogens with zero attached hydrogens (tertiary/aromatic N) is 1. The summed E-state index contributed by atoms with van der Waals surface area (Å²) in [7, 11) is 0. The van der Waals surface area contributed by atoms with Crippen molar-refractivity contribution in [2.75, 3.05) is 5.32 Å². The van der Waals surface area contributed by atoms with Gasteiger partial charge in [0, 0.05) is 12.5 Å². The zero-order valence-electron chi connectivity index (χ0n) is 10.2. The molecule has 0 fully saturated rings. The average Bonchev–Trinajstić information content (AvgIpc) is 2.86. The van der Waals surface area contributed by atoms with E-state index in [-0.39, 0.29) is 18.4 Å². The van der Waals surface area contributed by atoms with Crippen molar-refractivity contribution < 1.29 is 4.79 Å². The lowest BCUT2D eigenvalue weighted by Gasteiger charge is -2.11. The van der Waals surface area contributed by atoms with E-state index in [2.05, 4.69) is 5.32 Å². The highest BCUT2D eigenvalue weighted by Crippen LogP contribution is 2.23. The molecular weight excluding hydrogens is 258 g/mol. The number of benzene rings is 1. The van der Waals surface area contributed by atoms with Gasteiger partial charge in [0.05, 0.1) is 5.56 Å². The highest BCUT2D eigenvalue weighted by atomic mass is 32.1. The second kappa shape index (κ2) is 6.14. The van der Waals surface area contributed by atoms with Crippen molar-refractivity contribution in [2.24, 2.45) is 5.73 Å². The van der Waals surface area contributed by atoms with Gasteiger partial charge in [0.25, 0.3) is 0 Å². The van der Waals surface area contributed by atoms with Gasteiger partial charge >= 0.3 is 0 Å². The number of carbonyl (C=O) groups excluding carboxylic acids is 1. The lowest BCUT2D eigenvalue weighted by Crippen LogP contribution is -2.20. The van der Waals surface area contributed by atoms with Crippen LogP contribution >= 0.6 is 11.3 Å². The van der Waals surface area contributed by atoms with Gasteiger partial charge in [-0.15, -0.1) is 11.3 Å². The minimum atomic E-state index is -0.341. The number of rotatable bonds is 4. The molecule has 4 nitrogen and oxygen atoms in total. The number of thiophene rings is 1. The summed E-state index contributed by atoms with van der Waals surface area (Å²) in [5, 5.41) is 13.9. The molecule has 0 saturated carbocycles. The zero-order valence-corrected chi connectivity index (χ0v) is 11.0. The van der Waals surface area contributed by atoms with Crippen molar-refractivity contribution >= 4 is 22.2 Å². The quantitative estimate of drug-likeness (QED) is 0.897. The predicted molar refractivity (Wildman–Crippen MR) is 75.7 cm³/mol. The maximum absolute atomic E-state index is 11.9. The van der Waals surface area contributed by atoms with Crippen LogP contribution in [0.25, 0.3) is 0 Å². The highest BCUT2D eigenvalue weighted by molar-refractivity contribution is 7.14. The van der Waals surface area contributed by atoms with Crippen molar-refractivity contribution in [3.63, 3.8) is 0 Å². The largest absolute Gasteiger partial charge is 0.324 e. The lowest BCUT2D eigenvalue weighted by molar-refractivity contribution is -0.116. The lowest BCUT2D eigenvalue weighted by atomic mass is 10.0. The molecule has 1 heterocycles. The van der Waals surface area contributed by atoms with Crippen LogP contribution in [-0.2, 0) is 4.79 Å². The van der Waals surface area contributed by atoms with Crippen LogP contribution in [0, 0.1) is 11.3 Å². The zero-order chi connectivity index (χ0) is 13.7. The van der Waals surface area contributed by atoms with Crippen molar-refractivity contribution in [2.45, 2.75) is 12.5 Å². The Kier molecular flexibility index (Phi) is 4.29. The molecule has 3 N–H and O–H groups in total. The van der Waals surface area contributed by atoms with Crippen LogP contribution in [0.15, 0.2) is 41.8 Å². The first kappa shape index (κ1) is 13.3. The first-order valence-electron chi connectivity index (χ1n) is 5.78. The summed E-state index contributed by atoms with van der Waals surface area (Å²) >= 11 is 1.33. The maximum Gasteiger partial charge on any atom is 0.226 e. The molecule has 1 atom stereocenters. The molecule has 5 heteroatoms. The van der Waals surface area contributed by atoms with Crippen molar-refractivity contribution in [1.82, 2.24) is 0 Å². The molecule has 0 radical (unpaired) electrons. The van der Waals surface area contributed by atoms with Crippen molar-refractivity contribution in [1.29, 1.82) is 5.26 Å². The van der Waals surface area contributed by atoms with E-state index in [1.165, 1.54) is 11.3 Å². The molecule has 19 heavy (non-hydrogen) atoms. The Morgan fingerprint density at radius 2 is 2.11 bits per heavy atom. The highest BCUT2D eigenvalue weighted by Gasteiger charge is 2.13. The van der Waals surface area contributed by atoms with Crippen LogP contribution in [0.2, 0.25) is 0 Å². The van der Waals surface area contributed by atoms with Crippen LogP contribution in [-0.4, -0.2) is 5.91 Å². The average molecular weight is 271 g/mol. The Balaban J connectivity index is 1.97. The van der Waals surface area contributed by atoms with Gasteiger partial charge in [0.15, 0.2) is 0 Å². The van der Waals surface area contributed by atoms with E-state index in [0.717, 1.165) is 5.56 Å². The van der Waals surface area contributed by atoms with Crippen LogP contribution in [0.1, 0.15) is 23.6 Å². The Labute approximate surface area is 115 Å². The number of anilines is 1. The van der Waals surface area contributed by atoms with Crippen LogP contribution in [0.5, 0.6) is 0 Å². The van der Waals surface area contributed by atoms with Gasteiger partial charge in [-0.1, -0.05) is 30.3 Å². The molecule has 2 rings (SSSR count). The van der Waals surface area contributed by atoms with Gasteiger partial charge in [0.1, 0.15) is 11.1 Å². The summed E-state index contributed by atoms with van der Waals surface area (Å²) in [6, 6.07) is 12.8. The molecule has 0 saturated heterocycles. The van der Waals surface area contributed by atoms with E-state index in [1.807, 2.05) is 36.4 Å². The predicted octanol–water partition coefficient (Wildman–Crippen LogP) is 2.65. The third-order valence-corrected chi connectivity index (χ3v) is 3.50. The van der Waals surface area contributed by atoms with Gasteiger partial charge in [-0.2, -0.15) is 5.26 Å². The van der Waals surface area contributed by atoms with Gasteiger partial charge < -0.3 is 11.1 Å². The molecule has 0 bridgehead atoms. The number of carbonyl (C=O) groups is 1. The molecule has 1 amide bonds. The molecular formula is C14H13N3OS. The molecule has 0 aliphatic rings. The Bertz CT molecular complexity index is 601. The van der Waals surface area contributed by atoms with Crippen LogP contribution in [0.3, 0.4) is 0 Å². The standard InChI is InChI=1S/C14H13N3OS/c15-9-11-6-7-19-14(11)17-13(18)8-12(16)10-4-2-1-3-5-10/h1-7,12H,8,16H2,(H,17,18). The smallest absolute Gasteiger partial charge is 0.226 e. The number of nitrogens with two attached hydrogens (primary N) is 1. The Morgan fingerprint density at radius 3 is 2.79 bits per heavy atom. The minimum Gasteiger partial charge on any atom is -0.324 e. The normalized spacial score (nSPS) is 11.6. The van der Waals surface area contributed by atoms with E-state index in [0.29, 0.717) is 10.6 Å². The second-order valence-electron chi connectivity index (χ2n) is 4.04. The fourth-order valence-electron chi connectivity index (χ4n) is 1.69. The summed E-state index contributed by atoms with van der Waals surface area (Å²) in [6.07, 6.45) is 0.187. The first-order valence-corrected chi connectivity index (χ1v) is 6.66. The summed E-state index contributed by atoms with van der Waals surface area (Å²) < 4.78 is 0. The molecule has 0 spiro atoms. The number of nitrogens with one attached hydrogen (secondary N) is 1. The van der Waals surface area contributed by atoms with E-state index in [1.54, 1.807) is 11.4 Å². The maximum atomic E-state index is 11.9. The van der Waals surface area contributed by atoms with E-state index < -0.39 is 0 Å². The SMILES string of the molecule is N#Cc1ccsc1NC(=O)CC(N)c1ccccc1. The van der Waals surface area contributed by atoms with Gasteiger partial charge in [-0.25, -0.2) is 0 Å². The van der Waals surface area contributed by atoms with Crippen LogP contribution < -0.4 is 11.1 Å². The van der Waals surface area contributed by atoms with Crippen molar-refractivity contribution in [3.8, 4) is 6.07 Å². The first-order chi connectivity index (χ1) is 9.20. The third kappa shape index (κ3) is 3.41. The minimum absolute atomic E-state index is 0.185. The number of amides is 1. The van der Waals surface area contributed by atoms with Crippen LogP contribution in [0.4, 0.5) is 5.00 Å². The number of hydrogen-bond acceptors (Lipinski definition) is 4. The van der Waals surface area contributed by atoms with Crippen molar-refractivity contribution in [3.05, 3.63) is 52.9 Å².